The van der Waals surface area contributed by atoms with Gasteiger partial charge in [0, 0.05) is 10.8 Å². The summed E-state index contributed by atoms with van der Waals surface area (Å²) in [4.78, 5) is -2.59. The van der Waals surface area contributed by atoms with Gasteiger partial charge in [0.1, 0.15) is 14.7 Å². The van der Waals surface area contributed by atoms with E-state index in [2.05, 4.69) is 0 Å². The highest BCUT2D eigenvalue weighted by Gasteiger charge is 2.27. The molecule has 0 aliphatic carbocycles. The molecule has 4 N–H and O–H groups in total. The first-order valence-corrected chi connectivity index (χ1v) is 9.79. The maximum absolute atomic E-state index is 11.5. The molecule has 2 aromatic rings. The quantitative estimate of drug-likeness (QED) is 0.636. The number of fused-ring (bicyclic) bond motifs is 1. The van der Waals surface area contributed by atoms with Crippen molar-refractivity contribution in [2.75, 3.05) is 0 Å². The SMILES string of the molecule is NS(=O)(=O)c1ccc2c(S(=O)(=O)O)cccc2c1S(=O)(=O)O. The van der Waals surface area contributed by atoms with Gasteiger partial charge in [0.15, 0.2) is 0 Å². The monoisotopic (exact) mass is 367 g/mol. The lowest BCUT2D eigenvalue weighted by Crippen LogP contribution is -2.17. The van der Waals surface area contributed by atoms with Crippen LogP contribution in [0, 0.1) is 0 Å². The van der Waals surface area contributed by atoms with Crippen LogP contribution in [0.4, 0.5) is 0 Å². The van der Waals surface area contributed by atoms with Crippen molar-refractivity contribution in [2.24, 2.45) is 5.14 Å². The van der Waals surface area contributed by atoms with Gasteiger partial charge in [-0.3, -0.25) is 9.11 Å². The molecule has 0 unspecified atom stereocenters. The summed E-state index contributed by atoms with van der Waals surface area (Å²) in [6.07, 6.45) is 0. The second-order valence-electron chi connectivity index (χ2n) is 4.24. The van der Waals surface area contributed by atoms with Crippen molar-refractivity contribution in [3.8, 4) is 0 Å². The molecule has 2 rings (SSSR count). The fourth-order valence-corrected chi connectivity index (χ4v) is 4.77. The Labute approximate surface area is 125 Å². The van der Waals surface area contributed by atoms with Crippen molar-refractivity contribution in [3.05, 3.63) is 30.3 Å². The summed E-state index contributed by atoms with van der Waals surface area (Å²) in [5, 5.41) is 4.20. The molecule has 22 heavy (non-hydrogen) atoms. The summed E-state index contributed by atoms with van der Waals surface area (Å²) < 4.78 is 86.9. The Hall–Kier alpha value is -1.57. The molecule has 0 heterocycles. The van der Waals surface area contributed by atoms with Crippen molar-refractivity contribution >= 4 is 41.0 Å². The van der Waals surface area contributed by atoms with Gasteiger partial charge in [0.2, 0.25) is 10.0 Å². The highest BCUT2D eigenvalue weighted by molar-refractivity contribution is 7.91. The molecule has 0 amide bonds. The van der Waals surface area contributed by atoms with Crippen molar-refractivity contribution in [2.45, 2.75) is 14.7 Å². The molecule has 0 saturated heterocycles. The van der Waals surface area contributed by atoms with Crippen LogP contribution < -0.4 is 5.14 Å². The van der Waals surface area contributed by atoms with Crippen molar-refractivity contribution in [1.82, 2.24) is 0 Å². The lowest BCUT2D eigenvalue weighted by Gasteiger charge is -2.11. The van der Waals surface area contributed by atoms with Gasteiger partial charge < -0.3 is 0 Å². The Balaban J connectivity index is 3.17. The molecule has 0 bridgehead atoms. The lowest BCUT2D eigenvalue weighted by atomic mass is 10.1. The Bertz CT molecular complexity index is 1080. The third kappa shape index (κ3) is 2.97. The molecule has 0 saturated carbocycles. The maximum Gasteiger partial charge on any atom is 0.296 e. The van der Waals surface area contributed by atoms with Crippen molar-refractivity contribution in [3.63, 3.8) is 0 Å². The van der Waals surface area contributed by atoms with Crippen molar-refractivity contribution in [1.29, 1.82) is 0 Å². The largest absolute Gasteiger partial charge is 0.296 e. The Morgan fingerprint density at radius 1 is 0.727 bits per heavy atom. The van der Waals surface area contributed by atoms with E-state index in [0.717, 1.165) is 30.3 Å². The van der Waals surface area contributed by atoms with E-state index in [1.807, 2.05) is 0 Å². The molecule has 0 spiro atoms. The molecule has 0 aromatic heterocycles. The first-order valence-electron chi connectivity index (χ1n) is 5.37. The summed E-state index contributed by atoms with van der Waals surface area (Å²) >= 11 is 0. The number of benzene rings is 2. The Morgan fingerprint density at radius 2 is 1.32 bits per heavy atom. The summed E-state index contributed by atoms with van der Waals surface area (Å²) in [6, 6.07) is 4.83. The normalized spacial score (nSPS) is 13.4. The molecule has 0 radical (unpaired) electrons. The van der Waals surface area contributed by atoms with Gasteiger partial charge in [-0.05, 0) is 12.1 Å². The van der Waals surface area contributed by atoms with E-state index >= 15 is 0 Å². The third-order valence-corrected chi connectivity index (χ3v) is 5.73. The van der Waals surface area contributed by atoms with E-state index in [-0.39, 0.29) is 5.39 Å². The topological polar surface area (TPSA) is 169 Å². The van der Waals surface area contributed by atoms with Gasteiger partial charge >= 0.3 is 0 Å². The van der Waals surface area contributed by atoms with Gasteiger partial charge in [-0.2, -0.15) is 16.8 Å². The lowest BCUT2D eigenvalue weighted by molar-refractivity contribution is 0.479. The van der Waals surface area contributed by atoms with Crippen LogP contribution in [0.5, 0.6) is 0 Å². The van der Waals surface area contributed by atoms with Crippen LogP contribution in [0.1, 0.15) is 0 Å². The predicted molar refractivity (Wildman–Crippen MR) is 75.0 cm³/mol. The van der Waals surface area contributed by atoms with Crippen LogP contribution in [0.3, 0.4) is 0 Å². The molecule has 9 nitrogen and oxygen atoms in total. The van der Waals surface area contributed by atoms with Gasteiger partial charge in [-0.15, -0.1) is 0 Å². The van der Waals surface area contributed by atoms with Crippen LogP contribution in [0.25, 0.3) is 10.8 Å². The van der Waals surface area contributed by atoms with E-state index in [1.165, 1.54) is 0 Å². The van der Waals surface area contributed by atoms with Gasteiger partial charge in [-0.25, -0.2) is 13.6 Å². The molecule has 0 aliphatic heterocycles. The molecule has 0 fully saturated rings. The number of hydrogen-bond donors (Lipinski definition) is 3. The molecule has 0 atom stereocenters. The van der Waals surface area contributed by atoms with Gasteiger partial charge in [-0.1, -0.05) is 18.2 Å². The van der Waals surface area contributed by atoms with E-state index < -0.39 is 50.3 Å². The molecule has 2 aromatic carbocycles. The van der Waals surface area contributed by atoms with E-state index in [9.17, 15) is 29.8 Å². The molecule has 0 aliphatic rings. The van der Waals surface area contributed by atoms with E-state index in [1.54, 1.807) is 0 Å². The van der Waals surface area contributed by atoms with E-state index in [4.69, 9.17) is 9.69 Å². The summed E-state index contributed by atoms with van der Waals surface area (Å²) in [7, 11) is -14.2. The number of nitrogens with two attached hydrogens (primary N) is 1. The summed E-state index contributed by atoms with van der Waals surface area (Å²) in [6.45, 7) is 0. The van der Waals surface area contributed by atoms with Gasteiger partial charge in [0.25, 0.3) is 20.2 Å². The molecule has 120 valence electrons. The zero-order valence-electron chi connectivity index (χ0n) is 10.5. The van der Waals surface area contributed by atoms with Crippen LogP contribution in [0.15, 0.2) is 45.0 Å². The summed E-state index contributed by atoms with van der Waals surface area (Å²) in [5.41, 5.74) is 0. The molecule has 12 heteroatoms. The first kappa shape index (κ1) is 16.8. The predicted octanol–water partition coefficient (Wildman–Crippen LogP) is -0.0194. The zero-order chi connectivity index (χ0) is 16.9. The maximum atomic E-state index is 11.5. The molecular weight excluding hydrogens is 358 g/mol. The smallest absolute Gasteiger partial charge is 0.282 e. The number of hydrogen-bond acceptors (Lipinski definition) is 6. The standard InChI is InChI=1S/C10H9NO8S3/c11-20(12,13)9-5-4-6-7(10(9)22(17,18)19)2-1-3-8(6)21(14,15)16/h1-5H,(H2,11,12,13)(H,14,15,16)(H,17,18,19). The second kappa shape index (κ2) is 4.97. The third-order valence-electron chi connectivity index (χ3n) is 2.78. The van der Waals surface area contributed by atoms with Crippen LogP contribution in [-0.4, -0.2) is 34.4 Å². The number of sulfonamides is 1. The van der Waals surface area contributed by atoms with Gasteiger partial charge in [0.05, 0.1) is 0 Å². The average Bonchev–Trinajstić information content (AvgIpc) is 2.33. The zero-order valence-corrected chi connectivity index (χ0v) is 13.0. The first-order chi connectivity index (χ1) is 9.83. The van der Waals surface area contributed by atoms with Crippen LogP contribution in [-0.2, 0) is 30.3 Å². The summed E-state index contributed by atoms with van der Waals surface area (Å²) in [5.74, 6) is 0. The van der Waals surface area contributed by atoms with Crippen LogP contribution >= 0.6 is 0 Å². The number of primary sulfonamides is 1. The average molecular weight is 367 g/mol. The minimum atomic E-state index is -5.04. The second-order valence-corrected chi connectivity index (χ2v) is 8.52. The highest BCUT2D eigenvalue weighted by atomic mass is 32.2. The Kier molecular flexibility index (Phi) is 3.80. The highest BCUT2D eigenvalue weighted by Crippen LogP contribution is 2.32. The fraction of sp³-hybridized carbons (Fsp3) is 0. The van der Waals surface area contributed by atoms with Crippen LogP contribution in [0.2, 0.25) is 0 Å². The minimum Gasteiger partial charge on any atom is -0.282 e. The molecular formula is C10H9NO8S3. The number of rotatable bonds is 3. The van der Waals surface area contributed by atoms with E-state index in [0.29, 0.717) is 0 Å². The fourth-order valence-electron chi connectivity index (χ4n) is 2.00. The van der Waals surface area contributed by atoms with Crippen molar-refractivity contribution < 1.29 is 34.4 Å². The minimum absolute atomic E-state index is 0.287. The Morgan fingerprint density at radius 3 is 1.77 bits per heavy atom.